The van der Waals surface area contributed by atoms with Gasteiger partial charge in [-0.1, -0.05) is 19.6 Å². The van der Waals surface area contributed by atoms with E-state index in [1.165, 1.54) is 6.04 Å². The highest BCUT2D eigenvalue weighted by molar-refractivity contribution is 6.76. The Morgan fingerprint density at radius 2 is 2.00 bits per heavy atom. The summed E-state index contributed by atoms with van der Waals surface area (Å²) in [5.74, 6) is 0.147. The Morgan fingerprint density at radius 3 is 2.46 bits per heavy atom. The molecule has 0 heterocycles. The fraction of sp³-hybridized carbons (Fsp3) is 0.889. The summed E-state index contributed by atoms with van der Waals surface area (Å²) >= 11 is 0. The number of carbonyl (C=O) groups is 1. The number of rotatable bonds is 7. The topological polar surface area (TPSA) is 38.3 Å². The van der Waals surface area contributed by atoms with Gasteiger partial charge in [0.1, 0.15) is 5.78 Å². The van der Waals surface area contributed by atoms with Gasteiger partial charge in [-0.2, -0.15) is 0 Å². The van der Waals surface area contributed by atoms with Crippen molar-refractivity contribution < 1.29 is 9.53 Å². The number of nitrogens with one attached hydrogen (secondary N) is 1. The lowest BCUT2D eigenvalue weighted by molar-refractivity contribution is -0.116. The molecule has 0 rings (SSSR count). The first-order valence-corrected chi connectivity index (χ1v) is 8.40. The van der Waals surface area contributed by atoms with Crippen molar-refractivity contribution in [3.63, 3.8) is 0 Å². The van der Waals surface area contributed by atoms with Gasteiger partial charge < -0.3 is 4.74 Å². The van der Waals surface area contributed by atoms with Gasteiger partial charge >= 0.3 is 0 Å². The standard InChI is InChI=1S/C9H21NO2Si/c1-9(11)7-10-8-12-5-6-13(2,3)4/h10H,5-8H2,1-4H3. The predicted molar refractivity (Wildman–Crippen MR) is 57.7 cm³/mol. The molecule has 4 heteroatoms. The van der Waals surface area contributed by atoms with Crippen molar-refractivity contribution in [1.82, 2.24) is 5.32 Å². The molecule has 0 aliphatic rings. The smallest absolute Gasteiger partial charge is 0.143 e. The van der Waals surface area contributed by atoms with Crippen LogP contribution in [0.3, 0.4) is 0 Å². The van der Waals surface area contributed by atoms with Crippen molar-refractivity contribution in [3.05, 3.63) is 0 Å². The molecule has 0 aromatic heterocycles. The normalized spacial score (nSPS) is 11.7. The molecule has 3 nitrogen and oxygen atoms in total. The van der Waals surface area contributed by atoms with Gasteiger partial charge in [0.2, 0.25) is 0 Å². The minimum Gasteiger partial charge on any atom is -0.367 e. The largest absolute Gasteiger partial charge is 0.367 e. The molecule has 1 N–H and O–H groups in total. The van der Waals surface area contributed by atoms with Gasteiger partial charge in [-0.05, 0) is 13.0 Å². The summed E-state index contributed by atoms with van der Waals surface area (Å²) in [5, 5.41) is 2.91. The first-order chi connectivity index (χ1) is 5.92. The summed E-state index contributed by atoms with van der Waals surface area (Å²) in [6.07, 6.45) is 0. The van der Waals surface area contributed by atoms with E-state index in [0.717, 1.165) is 6.61 Å². The second-order valence-electron chi connectivity index (χ2n) is 4.49. The van der Waals surface area contributed by atoms with E-state index in [9.17, 15) is 4.79 Å². The van der Waals surface area contributed by atoms with E-state index in [0.29, 0.717) is 13.3 Å². The van der Waals surface area contributed by atoms with E-state index in [2.05, 4.69) is 25.0 Å². The third-order valence-electron chi connectivity index (χ3n) is 1.57. The molecular formula is C9H21NO2Si. The van der Waals surface area contributed by atoms with E-state index >= 15 is 0 Å². The summed E-state index contributed by atoms with van der Waals surface area (Å²) in [4.78, 5) is 10.5. The Labute approximate surface area is 81.9 Å². The van der Waals surface area contributed by atoms with Gasteiger partial charge in [0.05, 0.1) is 13.3 Å². The Bertz CT molecular complexity index is 154. The van der Waals surface area contributed by atoms with Gasteiger partial charge in [-0.3, -0.25) is 10.1 Å². The van der Waals surface area contributed by atoms with Crippen LogP contribution in [0.2, 0.25) is 25.7 Å². The zero-order chi connectivity index (χ0) is 10.3. The number of hydrogen-bond donors (Lipinski definition) is 1. The molecule has 0 saturated carbocycles. The molecule has 0 aromatic carbocycles. The lowest BCUT2D eigenvalue weighted by Crippen LogP contribution is -2.26. The van der Waals surface area contributed by atoms with Crippen LogP contribution in [-0.2, 0) is 9.53 Å². The van der Waals surface area contributed by atoms with Crippen molar-refractivity contribution in [3.8, 4) is 0 Å². The number of carbonyl (C=O) groups excluding carboxylic acids is 1. The van der Waals surface area contributed by atoms with Gasteiger partial charge in [0, 0.05) is 14.7 Å². The van der Waals surface area contributed by atoms with Crippen LogP contribution in [0.25, 0.3) is 0 Å². The number of ketones is 1. The SMILES string of the molecule is CC(=O)CNCOCC[Si](C)(C)C. The summed E-state index contributed by atoms with van der Waals surface area (Å²) in [6.45, 7) is 10.2. The highest BCUT2D eigenvalue weighted by Crippen LogP contribution is 2.06. The number of hydrogen-bond acceptors (Lipinski definition) is 3. The van der Waals surface area contributed by atoms with Crippen LogP contribution in [0, 0.1) is 0 Å². The second-order valence-corrected chi connectivity index (χ2v) is 10.1. The van der Waals surface area contributed by atoms with E-state index in [4.69, 9.17) is 4.74 Å². The van der Waals surface area contributed by atoms with E-state index < -0.39 is 8.07 Å². The van der Waals surface area contributed by atoms with Gasteiger partial charge in [0.25, 0.3) is 0 Å². The summed E-state index contributed by atoms with van der Waals surface area (Å²) in [6, 6.07) is 1.18. The molecule has 0 saturated heterocycles. The number of ether oxygens (including phenoxy) is 1. The molecule has 13 heavy (non-hydrogen) atoms. The molecule has 0 aliphatic carbocycles. The Kier molecular flexibility index (Phi) is 6.20. The lowest BCUT2D eigenvalue weighted by Gasteiger charge is -2.15. The maximum Gasteiger partial charge on any atom is 0.143 e. The zero-order valence-corrected chi connectivity index (χ0v) is 10.1. The maximum absolute atomic E-state index is 10.5. The molecule has 78 valence electrons. The predicted octanol–water partition coefficient (Wildman–Crippen LogP) is 1.48. The average molecular weight is 203 g/mol. The molecule has 0 aromatic rings. The molecule has 0 atom stereocenters. The minimum atomic E-state index is -0.959. The van der Waals surface area contributed by atoms with Crippen molar-refractivity contribution in [2.24, 2.45) is 0 Å². The second kappa shape index (κ2) is 6.29. The van der Waals surface area contributed by atoms with Crippen LogP contribution in [0.15, 0.2) is 0 Å². The van der Waals surface area contributed by atoms with E-state index in [1.54, 1.807) is 6.92 Å². The van der Waals surface area contributed by atoms with Crippen LogP contribution in [0.1, 0.15) is 6.92 Å². The fourth-order valence-corrected chi connectivity index (χ4v) is 1.51. The average Bonchev–Trinajstić information content (AvgIpc) is 1.93. The van der Waals surface area contributed by atoms with E-state index in [1.807, 2.05) is 0 Å². The molecule has 0 unspecified atom stereocenters. The lowest BCUT2D eigenvalue weighted by atomic mass is 10.5. The van der Waals surface area contributed by atoms with Crippen molar-refractivity contribution in [1.29, 1.82) is 0 Å². The molecule has 0 fully saturated rings. The summed E-state index contributed by atoms with van der Waals surface area (Å²) in [5.41, 5.74) is 0. The van der Waals surface area contributed by atoms with Crippen molar-refractivity contribution in [2.75, 3.05) is 19.9 Å². The molecule has 0 radical (unpaired) electrons. The highest BCUT2D eigenvalue weighted by atomic mass is 28.3. The van der Waals surface area contributed by atoms with Crippen molar-refractivity contribution in [2.45, 2.75) is 32.6 Å². The van der Waals surface area contributed by atoms with Crippen LogP contribution in [0.4, 0.5) is 0 Å². The Hall–Kier alpha value is -0.193. The van der Waals surface area contributed by atoms with Crippen LogP contribution in [0.5, 0.6) is 0 Å². The van der Waals surface area contributed by atoms with E-state index in [-0.39, 0.29) is 5.78 Å². The third-order valence-corrected chi connectivity index (χ3v) is 3.28. The molecule has 0 bridgehead atoms. The zero-order valence-electron chi connectivity index (χ0n) is 9.14. The molecule has 0 amide bonds. The fourth-order valence-electron chi connectivity index (χ4n) is 0.750. The third kappa shape index (κ3) is 11.8. The molecular weight excluding hydrogens is 182 g/mol. The minimum absolute atomic E-state index is 0.147. The van der Waals surface area contributed by atoms with Gasteiger partial charge in [0.15, 0.2) is 0 Å². The first-order valence-electron chi connectivity index (χ1n) is 4.70. The Morgan fingerprint density at radius 1 is 1.38 bits per heavy atom. The van der Waals surface area contributed by atoms with Gasteiger partial charge in [-0.15, -0.1) is 0 Å². The monoisotopic (exact) mass is 203 g/mol. The van der Waals surface area contributed by atoms with Gasteiger partial charge in [-0.25, -0.2) is 0 Å². The highest BCUT2D eigenvalue weighted by Gasteiger charge is 2.11. The molecule has 0 aliphatic heterocycles. The Balaban J connectivity index is 3.13. The first kappa shape index (κ1) is 12.8. The quantitative estimate of drug-likeness (QED) is 0.387. The number of Topliss-reactive ketones (excluding diaryl/α,β-unsaturated/α-hetero) is 1. The molecule has 0 spiro atoms. The maximum atomic E-state index is 10.5. The van der Waals surface area contributed by atoms with Crippen LogP contribution >= 0.6 is 0 Å². The van der Waals surface area contributed by atoms with Crippen LogP contribution < -0.4 is 5.32 Å². The summed E-state index contributed by atoms with van der Waals surface area (Å²) < 4.78 is 5.33. The summed E-state index contributed by atoms with van der Waals surface area (Å²) in [7, 11) is -0.959. The van der Waals surface area contributed by atoms with Crippen LogP contribution in [-0.4, -0.2) is 33.7 Å². The van der Waals surface area contributed by atoms with Crippen molar-refractivity contribution >= 4 is 13.9 Å².